The maximum atomic E-state index is 5.66. The van der Waals surface area contributed by atoms with Gasteiger partial charge < -0.3 is 15.8 Å². The molecule has 6 heteroatoms. The van der Waals surface area contributed by atoms with E-state index < -0.39 is 0 Å². The molecule has 5 nitrogen and oxygen atoms in total. The van der Waals surface area contributed by atoms with Gasteiger partial charge in [0.15, 0.2) is 0 Å². The second kappa shape index (κ2) is 4.76. The van der Waals surface area contributed by atoms with Crippen LogP contribution < -0.4 is 11.1 Å². The molecule has 0 amide bonds. The molecule has 1 aliphatic heterocycles. The zero-order chi connectivity index (χ0) is 10.7. The lowest BCUT2D eigenvalue weighted by Gasteiger charge is -2.24. The standard InChI is InChI=1S/C9H13BrN4O/c10-7-8(11)12-5-13-9(7)14-6-1-3-15-4-2-6/h5-6H,1-4H2,(H3,11,12,13,14). The van der Waals surface area contributed by atoms with Crippen molar-refractivity contribution in [2.75, 3.05) is 24.3 Å². The number of aromatic nitrogens is 2. The number of rotatable bonds is 2. The van der Waals surface area contributed by atoms with Crippen molar-refractivity contribution in [3.8, 4) is 0 Å². The number of nitrogens with one attached hydrogen (secondary N) is 1. The van der Waals surface area contributed by atoms with Crippen molar-refractivity contribution in [2.45, 2.75) is 18.9 Å². The van der Waals surface area contributed by atoms with Crippen molar-refractivity contribution in [1.29, 1.82) is 0 Å². The van der Waals surface area contributed by atoms with Gasteiger partial charge >= 0.3 is 0 Å². The predicted molar refractivity (Wildman–Crippen MR) is 61.6 cm³/mol. The average molecular weight is 273 g/mol. The van der Waals surface area contributed by atoms with Crippen molar-refractivity contribution in [3.05, 3.63) is 10.8 Å². The second-order valence-corrected chi connectivity index (χ2v) is 4.25. The van der Waals surface area contributed by atoms with Crippen LogP contribution in [0.2, 0.25) is 0 Å². The summed E-state index contributed by atoms with van der Waals surface area (Å²) < 4.78 is 6.02. The Bertz CT molecular complexity index is 341. The number of nitrogens with zero attached hydrogens (tertiary/aromatic N) is 2. The van der Waals surface area contributed by atoms with Crippen LogP contribution in [0.5, 0.6) is 0 Å². The number of nitrogens with two attached hydrogens (primary N) is 1. The summed E-state index contributed by atoms with van der Waals surface area (Å²) in [4.78, 5) is 8.03. The van der Waals surface area contributed by atoms with Gasteiger partial charge in [0.05, 0.1) is 0 Å². The molecule has 0 aliphatic carbocycles. The van der Waals surface area contributed by atoms with Crippen molar-refractivity contribution in [3.63, 3.8) is 0 Å². The van der Waals surface area contributed by atoms with Gasteiger partial charge in [0.25, 0.3) is 0 Å². The normalized spacial score (nSPS) is 17.7. The maximum absolute atomic E-state index is 5.66. The molecule has 1 fully saturated rings. The lowest BCUT2D eigenvalue weighted by Crippen LogP contribution is -2.28. The van der Waals surface area contributed by atoms with E-state index in [1.165, 1.54) is 6.33 Å². The lowest BCUT2D eigenvalue weighted by atomic mass is 10.1. The summed E-state index contributed by atoms with van der Waals surface area (Å²) in [5.41, 5.74) is 5.66. The number of anilines is 2. The highest BCUT2D eigenvalue weighted by molar-refractivity contribution is 9.10. The van der Waals surface area contributed by atoms with Gasteiger partial charge in [0, 0.05) is 19.3 Å². The van der Waals surface area contributed by atoms with E-state index in [2.05, 4.69) is 31.2 Å². The molecular weight excluding hydrogens is 260 g/mol. The molecule has 2 heterocycles. The first kappa shape index (κ1) is 10.6. The van der Waals surface area contributed by atoms with Crippen molar-refractivity contribution >= 4 is 27.6 Å². The van der Waals surface area contributed by atoms with E-state index in [0.29, 0.717) is 11.9 Å². The number of hydrogen-bond acceptors (Lipinski definition) is 5. The topological polar surface area (TPSA) is 73.1 Å². The zero-order valence-corrected chi connectivity index (χ0v) is 9.83. The Kier molecular flexibility index (Phi) is 3.37. The lowest BCUT2D eigenvalue weighted by molar-refractivity contribution is 0.0904. The van der Waals surface area contributed by atoms with Crippen LogP contribution >= 0.6 is 15.9 Å². The van der Waals surface area contributed by atoms with Gasteiger partial charge in [-0.1, -0.05) is 0 Å². The Balaban J connectivity index is 2.06. The molecule has 15 heavy (non-hydrogen) atoms. The number of nitrogen functional groups attached to an aromatic ring is 1. The zero-order valence-electron chi connectivity index (χ0n) is 8.24. The van der Waals surface area contributed by atoms with E-state index in [4.69, 9.17) is 10.5 Å². The molecule has 0 aromatic carbocycles. The number of halogens is 1. The molecular formula is C9H13BrN4O. The van der Waals surface area contributed by atoms with E-state index in [1.54, 1.807) is 0 Å². The van der Waals surface area contributed by atoms with Crippen LogP contribution in [-0.2, 0) is 4.74 Å². The molecule has 0 atom stereocenters. The van der Waals surface area contributed by atoms with Crippen molar-refractivity contribution < 1.29 is 4.74 Å². The minimum atomic E-state index is 0.407. The van der Waals surface area contributed by atoms with Crippen LogP contribution in [0, 0.1) is 0 Å². The van der Waals surface area contributed by atoms with Crippen LogP contribution in [0.25, 0.3) is 0 Å². The van der Waals surface area contributed by atoms with Gasteiger partial charge in [-0.2, -0.15) is 0 Å². The minimum Gasteiger partial charge on any atom is -0.383 e. The van der Waals surface area contributed by atoms with Gasteiger partial charge in [-0.15, -0.1) is 0 Å². The Morgan fingerprint density at radius 3 is 2.87 bits per heavy atom. The molecule has 1 aromatic rings. The summed E-state index contributed by atoms with van der Waals surface area (Å²) in [6.07, 6.45) is 3.45. The summed E-state index contributed by atoms with van der Waals surface area (Å²) in [6, 6.07) is 0.407. The van der Waals surface area contributed by atoms with E-state index >= 15 is 0 Å². The first-order chi connectivity index (χ1) is 7.27. The van der Waals surface area contributed by atoms with Gasteiger partial charge in [0.2, 0.25) is 0 Å². The van der Waals surface area contributed by atoms with Gasteiger partial charge in [-0.25, -0.2) is 9.97 Å². The smallest absolute Gasteiger partial charge is 0.146 e. The van der Waals surface area contributed by atoms with Gasteiger partial charge in [-0.05, 0) is 28.8 Å². The van der Waals surface area contributed by atoms with Gasteiger partial charge in [0.1, 0.15) is 22.4 Å². The molecule has 2 rings (SSSR count). The highest BCUT2D eigenvalue weighted by atomic mass is 79.9. The summed E-state index contributed by atoms with van der Waals surface area (Å²) in [6.45, 7) is 1.60. The Morgan fingerprint density at radius 1 is 1.40 bits per heavy atom. The third-order valence-corrected chi connectivity index (χ3v) is 3.16. The summed E-state index contributed by atoms with van der Waals surface area (Å²) in [5.74, 6) is 1.22. The Morgan fingerprint density at radius 2 is 2.13 bits per heavy atom. The maximum Gasteiger partial charge on any atom is 0.146 e. The van der Waals surface area contributed by atoms with Gasteiger partial charge in [-0.3, -0.25) is 0 Å². The molecule has 1 aliphatic rings. The summed E-state index contributed by atoms with van der Waals surface area (Å²) >= 11 is 3.36. The minimum absolute atomic E-state index is 0.407. The van der Waals surface area contributed by atoms with Crippen molar-refractivity contribution in [1.82, 2.24) is 9.97 Å². The highest BCUT2D eigenvalue weighted by Crippen LogP contribution is 2.25. The van der Waals surface area contributed by atoms with Crippen LogP contribution in [-0.4, -0.2) is 29.2 Å². The SMILES string of the molecule is Nc1ncnc(NC2CCOCC2)c1Br. The second-order valence-electron chi connectivity index (χ2n) is 3.45. The van der Waals surface area contributed by atoms with E-state index in [-0.39, 0.29) is 0 Å². The first-order valence-corrected chi connectivity index (χ1v) is 5.67. The Hall–Kier alpha value is -0.880. The summed E-state index contributed by atoms with van der Waals surface area (Å²) in [5, 5.41) is 3.33. The number of ether oxygens (including phenoxy) is 1. The average Bonchev–Trinajstić information content (AvgIpc) is 2.26. The molecule has 0 radical (unpaired) electrons. The van der Waals surface area contributed by atoms with Crippen molar-refractivity contribution in [2.24, 2.45) is 0 Å². The molecule has 82 valence electrons. The quantitative estimate of drug-likeness (QED) is 0.852. The van der Waals surface area contributed by atoms with Crippen LogP contribution in [0.3, 0.4) is 0 Å². The van der Waals surface area contributed by atoms with Crippen LogP contribution in [0.15, 0.2) is 10.8 Å². The van der Waals surface area contributed by atoms with E-state index in [1.807, 2.05) is 0 Å². The molecule has 1 saturated heterocycles. The fourth-order valence-electron chi connectivity index (χ4n) is 1.52. The molecule has 0 saturated carbocycles. The fourth-order valence-corrected chi connectivity index (χ4v) is 1.84. The molecule has 3 N–H and O–H groups in total. The fraction of sp³-hybridized carbons (Fsp3) is 0.556. The largest absolute Gasteiger partial charge is 0.383 e. The molecule has 0 bridgehead atoms. The van der Waals surface area contributed by atoms with Crippen LogP contribution in [0.4, 0.5) is 11.6 Å². The third kappa shape index (κ3) is 2.57. The highest BCUT2D eigenvalue weighted by Gasteiger charge is 2.15. The van der Waals surface area contributed by atoms with E-state index in [9.17, 15) is 0 Å². The predicted octanol–water partition coefficient (Wildman–Crippen LogP) is 1.41. The molecule has 0 spiro atoms. The third-order valence-electron chi connectivity index (χ3n) is 2.38. The van der Waals surface area contributed by atoms with Crippen LogP contribution in [0.1, 0.15) is 12.8 Å². The van der Waals surface area contributed by atoms with E-state index in [0.717, 1.165) is 36.3 Å². The number of hydrogen-bond donors (Lipinski definition) is 2. The molecule has 0 unspecified atom stereocenters. The molecule has 1 aromatic heterocycles. The first-order valence-electron chi connectivity index (χ1n) is 4.87. The Labute approximate surface area is 96.6 Å². The monoisotopic (exact) mass is 272 g/mol. The summed E-state index contributed by atoms with van der Waals surface area (Å²) in [7, 11) is 0.